The summed E-state index contributed by atoms with van der Waals surface area (Å²) in [6.45, 7) is 1.98. The van der Waals surface area contributed by atoms with Crippen LogP contribution in [0.15, 0.2) is 42.5 Å². The smallest absolute Gasteiger partial charge is 0.197 e. The van der Waals surface area contributed by atoms with Crippen LogP contribution in [0.2, 0.25) is 5.02 Å². The third-order valence-electron chi connectivity index (χ3n) is 2.45. The minimum Gasteiger partial charge on any atom is -0.485 e. The number of hydrogen-bond acceptors (Lipinski definition) is 3. The van der Waals surface area contributed by atoms with Crippen molar-refractivity contribution in [1.82, 2.24) is 0 Å². The van der Waals surface area contributed by atoms with Gasteiger partial charge in [-0.05, 0) is 37.3 Å². The fourth-order valence-corrected chi connectivity index (χ4v) is 1.76. The highest BCUT2D eigenvalue weighted by molar-refractivity contribution is 6.30. The Hall–Kier alpha value is -1.78. The van der Waals surface area contributed by atoms with Gasteiger partial charge in [0.05, 0.1) is 0 Å². The number of halogens is 2. The molecule has 0 fully saturated rings. The lowest BCUT2D eigenvalue weighted by molar-refractivity contribution is 0.270. The second-order valence-electron chi connectivity index (χ2n) is 4.41. The minimum atomic E-state index is -0.495. The lowest BCUT2D eigenvalue weighted by atomic mass is 10.3. The molecule has 2 N–H and O–H groups in total. The van der Waals surface area contributed by atoms with E-state index in [0.29, 0.717) is 10.8 Å². The van der Waals surface area contributed by atoms with Crippen molar-refractivity contribution in [2.24, 2.45) is 5.73 Å². The van der Waals surface area contributed by atoms with Crippen molar-refractivity contribution < 1.29 is 13.9 Å². The second-order valence-corrected chi connectivity index (χ2v) is 4.85. The summed E-state index contributed by atoms with van der Waals surface area (Å²) in [6.07, 6.45) is 0. The molecule has 0 spiro atoms. The molecule has 2 aromatic rings. The van der Waals surface area contributed by atoms with Gasteiger partial charge in [0.1, 0.15) is 12.4 Å². The predicted octanol–water partition coefficient (Wildman–Crippen LogP) is 4.00. The standard InChI is InChI=1S/C15H15ClFNO2/c1-10(18)9-19-15-13(17)6-3-7-14(15)20-12-5-2-4-11(16)8-12/h2-8,10H,9,18H2,1H3/t10-/m1/s1. The first-order chi connectivity index (χ1) is 9.56. The first kappa shape index (κ1) is 14.6. The van der Waals surface area contributed by atoms with E-state index >= 15 is 0 Å². The highest BCUT2D eigenvalue weighted by Gasteiger charge is 2.13. The van der Waals surface area contributed by atoms with Gasteiger partial charge in [-0.1, -0.05) is 23.7 Å². The van der Waals surface area contributed by atoms with E-state index in [9.17, 15) is 4.39 Å². The van der Waals surface area contributed by atoms with Gasteiger partial charge in [0, 0.05) is 11.1 Å². The second kappa shape index (κ2) is 6.59. The van der Waals surface area contributed by atoms with Crippen LogP contribution in [0.3, 0.4) is 0 Å². The van der Waals surface area contributed by atoms with Gasteiger partial charge in [-0.2, -0.15) is 0 Å². The van der Waals surface area contributed by atoms with Crippen molar-refractivity contribution in [3.05, 3.63) is 53.3 Å². The Balaban J connectivity index is 2.24. The zero-order valence-electron chi connectivity index (χ0n) is 11.0. The van der Waals surface area contributed by atoms with Gasteiger partial charge in [0.2, 0.25) is 0 Å². The van der Waals surface area contributed by atoms with Crippen LogP contribution in [-0.4, -0.2) is 12.6 Å². The molecule has 20 heavy (non-hydrogen) atoms. The van der Waals surface area contributed by atoms with Crippen LogP contribution in [0.25, 0.3) is 0 Å². The van der Waals surface area contributed by atoms with E-state index < -0.39 is 5.82 Å². The molecule has 0 heterocycles. The van der Waals surface area contributed by atoms with Gasteiger partial charge in [-0.25, -0.2) is 4.39 Å². The number of para-hydroxylation sites is 1. The lowest BCUT2D eigenvalue weighted by Gasteiger charge is -2.14. The molecule has 3 nitrogen and oxygen atoms in total. The molecule has 0 aliphatic carbocycles. The number of rotatable bonds is 5. The average molecular weight is 296 g/mol. The van der Waals surface area contributed by atoms with Crippen LogP contribution >= 0.6 is 11.6 Å². The molecular formula is C15H15ClFNO2. The Bertz CT molecular complexity index is 590. The first-order valence-corrected chi connectivity index (χ1v) is 6.54. The molecular weight excluding hydrogens is 281 g/mol. The number of hydrogen-bond donors (Lipinski definition) is 1. The maximum Gasteiger partial charge on any atom is 0.197 e. The van der Waals surface area contributed by atoms with Crippen molar-refractivity contribution in [2.45, 2.75) is 13.0 Å². The van der Waals surface area contributed by atoms with Crippen LogP contribution < -0.4 is 15.2 Å². The SMILES string of the molecule is C[C@@H](N)COc1c(F)cccc1Oc1cccc(Cl)c1. The molecule has 2 aromatic carbocycles. The third kappa shape index (κ3) is 3.85. The Morgan fingerprint density at radius 3 is 2.70 bits per heavy atom. The number of ether oxygens (including phenoxy) is 2. The van der Waals surface area contributed by atoms with Crippen molar-refractivity contribution in [1.29, 1.82) is 0 Å². The summed E-state index contributed by atoms with van der Waals surface area (Å²) in [6, 6.07) is 11.1. The van der Waals surface area contributed by atoms with E-state index in [4.69, 9.17) is 26.8 Å². The van der Waals surface area contributed by atoms with Gasteiger partial charge >= 0.3 is 0 Å². The van der Waals surface area contributed by atoms with E-state index in [0.717, 1.165) is 0 Å². The molecule has 0 bridgehead atoms. The molecule has 106 valence electrons. The Labute approximate surface area is 122 Å². The minimum absolute atomic E-state index is 0.0461. The Morgan fingerprint density at radius 2 is 2.00 bits per heavy atom. The van der Waals surface area contributed by atoms with Crippen molar-refractivity contribution in [3.8, 4) is 17.2 Å². The summed E-state index contributed by atoms with van der Waals surface area (Å²) in [7, 11) is 0. The van der Waals surface area contributed by atoms with Gasteiger partial charge in [-0.3, -0.25) is 0 Å². The molecule has 0 aromatic heterocycles. The van der Waals surface area contributed by atoms with E-state index in [1.54, 1.807) is 43.3 Å². The van der Waals surface area contributed by atoms with Crippen molar-refractivity contribution in [2.75, 3.05) is 6.61 Å². The summed E-state index contributed by atoms with van der Waals surface area (Å²) in [5.74, 6) is 0.344. The zero-order valence-corrected chi connectivity index (χ0v) is 11.7. The summed E-state index contributed by atoms with van der Waals surface area (Å²) >= 11 is 5.88. The quantitative estimate of drug-likeness (QED) is 0.907. The summed E-state index contributed by atoms with van der Waals surface area (Å²) < 4.78 is 24.8. The molecule has 1 atom stereocenters. The number of benzene rings is 2. The maximum absolute atomic E-state index is 13.8. The monoisotopic (exact) mass is 295 g/mol. The van der Waals surface area contributed by atoms with Crippen LogP contribution in [0.5, 0.6) is 17.2 Å². The number of nitrogens with two attached hydrogens (primary N) is 1. The van der Waals surface area contributed by atoms with Gasteiger partial charge < -0.3 is 15.2 Å². The van der Waals surface area contributed by atoms with Crippen LogP contribution in [0.1, 0.15) is 6.92 Å². The molecule has 2 rings (SSSR count). The Kier molecular flexibility index (Phi) is 4.82. The molecule has 0 unspecified atom stereocenters. The van der Waals surface area contributed by atoms with Crippen LogP contribution in [0, 0.1) is 5.82 Å². The molecule has 0 amide bonds. The average Bonchev–Trinajstić information content (AvgIpc) is 2.38. The highest BCUT2D eigenvalue weighted by Crippen LogP contribution is 2.34. The zero-order chi connectivity index (χ0) is 14.5. The summed E-state index contributed by atoms with van der Waals surface area (Å²) in [5, 5.41) is 0.539. The Morgan fingerprint density at radius 1 is 1.25 bits per heavy atom. The molecule has 0 aliphatic rings. The summed E-state index contributed by atoms with van der Waals surface area (Å²) in [4.78, 5) is 0. The predicted molar refractivity (Wildman–Crippen MR) is 77.1 cm³/mol. The fraction of sp³-hybridized carbons (Fsp3) is 0.200. The van der Waals surface area contributed by atoms with Gasteiger partial charge in [0.25, 0.3) is 0 Å². The molecule has 0 saturated heterocycles. The third-order valence-corrected chi connectivity index (χ3v) is 2.68. The van der Waals surface area contributed by atoms with Gasteiger partial charge in [0.15, 0.2) is 17.3 Å². The van der Waals surface area contributed by atoms with Crippen molar-refractivity contribution in [3.63, 3.8) is 0 Å². The van der Waals surface area contributed by atoms with Crippen molar-refractivity contribution >= 4 is 11.6 Å². The fourth-order valence-electron chi connectivity index (χ4n) is 1.58. The highest BCUT2D eigenvalue weighted by atomic mass is 35.5. The molecule has 0 saturated carbocycles. The normalized spacial score (nSPS) is 12.0. The van der Waals surface area contributed by atoms with E-state index in [1.165, 1.54) is 6.07 Å². The topological polar surface area (TPSA) is 44.5 Å². The van der Waals surface area contributed by atoms with Crippen LogP contribution in [-0.2, 0) is 0 Å². The van der Waals surface area contributed by atoms with E-state index in [1.807, 2.05) is 0 Å². The molecule has 0 radical (unpaired) electrons. The van der Waals surface area contributed by atoms with Crippen LogP contribution in [0.4, 0.5) is 4.39 Å². The lowest BCUT2D eigenvalue weighted by Crippen LogP contribution is -2.24. The largest absolute Gasteiger partial charge is 0.485 e. The molecule has 5 heteroatoms. The first-order valence-electron chi connectivity index (χ1n) is 6.16. The molecule has 0 aliphatic heterocycles. The summed E-state index contributed by atoms with van der Waals surface area (Å²) in [5.41, 5.74) is 5.61. The van der Waals surface area contributed by atoms with Gasteiger partial charge in [-0.15, -0.1) is 0 Å². The van der Waals surface area contributed by atoms with E-state index in [-0.39, 0.29) is 24.1 Å². The van der Waals surface area contributed by atoms with E-state index in [2.05, 4.69) is 0 Å². The maximum atomic E-state index is 13.8.